The lowest BCUT2D eigenvalue weighted by molar-refractivity contribution is -0.132. The number of rotatable bonds is 5. The zero-order valence-corrected chi connectivity index (χ0v) is 15.1. The van der Waals surface area contributed by atoms with E-state index >= 15 is 0 Å². The minimum absolute atomic E-state index is 0.0318. The van der Waals surface area contributed by atoms with Crippen LogP contribution in [0.1, 0.15) is 32.9 Å². The molecule has 7 heteroatoms. The number of carbonyl (C=O) groups excluding carboxylic acids is 1. The summed E-state index contributed by atoms with van der Waals surface area (Å²) in [5.74, 6) is -0.195. The third kappa shape index (κ3) is 3.94. The lowest BCUT2D eigenvalue weighted by atomic mass is 10.0. The van der Waals surface area contributed by atoms with Crippen LogP contribution in [-0.4, -0.2) is 58.1 Å². The van der Waals surface area contributed by atoms with Crippen molar-refractivity contribution in [3.8, 4) is 0 Å². The van der Waals surface area contributed by atoms with E-state index in [1.165, 1.54) is 6.07 Å². The van der Waals surface area contributed by atoms with Gasteiger partial charge in [-0.3, -0.25) is 9.69 Å². The first-order valence-corrected chi connectivity index (χ1v) is 8.68. The van der Waals surface area contributed by atoms with Crippen LogP contribution in [0.2, 0.25) is 0 Å². The predicted molar refractivity (Wildman–Crippen MR) is 94.9 cm³/mol. The highest BCUT2D eigenvalue weighted by Crippen LogP contribution is 2.17. The van der Waals surface area contributed by atoms with Crippen molar-refractivity contribution in [2.45, 2.75) is 26.8 Å². The zero-order chi connectivity index (χ0) is 18.7. The molecule has 0 radical (unpaired) electrons. The molecule has 0 atom stereocenters. The molecule has 1 fully saturated rings. The van der Waals surface area contributed by atoms with E-state index < -0.39 is 5.97 Å². The number of amides is 1. The molecule has 3 rings (SSSR count). The van der Waals surface area contributed by atoms with Crippen molar-refractivity contribution in [1.82, 2.24) is 15.0 Å². The second-order valence-electron chi connectivity index (χ2n) is 6.60. The second-order valence-corrected chi connectivity index (χ2v) is 6.60. The van der Waals surface area contributed by atoms with Crippen molar-refractivity contribution in [3.05, 3.63) is 52.4 Å². The molecule has 1 aromatic heterocycles. The number of aromatic carboxylic acids is 1. The predicted octanol–water partition coefficient (Wildman–Crippen LogP) is 1.88. The maximum Gasteiger partial charge on any atom is 0.335 e. The molecule has 0 unspecified atom stereocenters. The summed E-state index contributed by atoms with van der Waals surface area (Å²) in [6.07, 6.45) is 0.117. The van der Waals surface area contributed by atoms with Crippen LogP contribution >= 0.6 is 0 Å². The smallest absolute Gasteiger partial charge is 0.335 e. The van der Waals surface area contributed by atoms with Gasteiger partial charge in [-0.05, 0) is 25.5 Å². The molecule has 0 bridgehead atoms. The fourth-order valence-electron chi connectivity index (χ4n) is 3.26. The average molecular weight is 357 g/mol. The van der Waals surface area contributed by atoms with Gasteiger partial charge in [0.2, 0.25) is 5.91 Å². The number of piperazine rings is 1. The standard InChI is InChI=1S/C19H23N3O4/c1-13-17(14(2)26-20-13)12-21-7-9-22(10-8-21)18(23)11-15-5-3-4-6-16(15)19(24)25/h3-6H,7-12H2,1-2H3,(H,24,25). The SMILES string of the molecule is Cc1noc(C)c1CN1CCN(C(=O)Cc2ccccc2C(=O)O)CC1. The Balaban J connectivity index is 1.57. The van der Waals surface area contributed by atoms with Gasteiger partial charge in [0, 0.05) is 38.3 Å². The molecule has 2 heterocycles. The molecule has 0 spiro atoms. The summed E-state index contributed by atoms with van der Waals surface area (Å²) in [4.78, 5) is 27.9. The molecule has 0 aliphatic carbocycles. The van der Waals surface area contributed by atoms with Crippen LogP contribution < -0.4 is 0 Å². The van der Waals surface area contributed by atoms with Gasteiger partial charge in [-0.15, -0.1) is 0 Å². The van der Waals surface area contributed by atoms with E-state index in [0.717, 1.165) is 36.7 Å². The quantitative estimate of drug-likeness (QED) is 0.879. The van der Waals surface area contributed by atoms with Crippen molar-refractivity contribution in [1.29, 1.82) is 0 Å². The van der Waals surface area contributed by atoms with E-state index in [-0.39, 0.29) is 17.9 Å². The van der Waals surface area contributed by atoms with Gasteiger partial charge in [0.25, 0.3) is 0 Å². The third-order valence-electron chi connectivity index (χ3n) is 4.88. The van der Waals surface area contributed by atoms with Crippen LogP contribution in [0.5, 0.6) is 0 Å². The monoisotopic (exact) mass is 357 g/mol. The van der Waals surface area contributed by atoms with Crippen molar-refractivity contribution in [3.63, 3.8) is 0 Å². The number of benzene rings is 1. The summed E-state index contributed by atoms with van der Waals surface area (Å²) in [6, 6.07) is 6.67. The van der Waals surface area contributed by atoms with E-state index in [4.69, 9.17) is 4.52 Å². The van der Waals surface area contributed by atoms with Crippen molar-refractivity contribution >= 4 is 11.9 Å². The number of carboxylic acids is 1. The molecule has 1 aliphatic heterocycles. The highest BCUT2D eigenvalue weighted by atomic mass is 16.5. The summed E-state index contributed by atoms with van der Waals surface area (Å²) in [5.41, 5.74) is 2.77. The Labute approximate surface area is 152 Å². The van der Waals surface area contributed by atoms with Gasteiger partial charge >= 0.3 is 5.97 Å². The van der Waals surface area contributed by atoms with Gasteiger partial charge in [-0.1, -0.05) is 23.4 Å². The summed E-state index contributed by atoms with van der Waals surface area (Å²) in [5, 5.41) is 13.2. The maximum absolute atomic E-state index is 12.6. The fraction of sp³-hybridized carbons (Fsp3) is 0.421. The molecule has 26 heavy (non-hydrogen) atoms. The number of carbonyl (C=O) groups is 2. The maximum atomic E-state index is 12.6. The van der Waals surface area contributed by atoms with Crippen LogP contribution in [0, 0.1) is 13.8 Å². The largest absolute Gasteiger partial charge is 0.478 e. The third-order valence-corrected chi connectivity index (χ3v) is 4.88. The van der Waals surface area contributed by atoms with Gasteiger partial charge in [0.05, 0.1) is 17.7 Å². The molecular weight excluding hydrogens is 334 g/mol. The highest BCUT2D eigenvalue weighted by molar-refractivity contribution is 5.91. The number of aromatic nitrogens is 1. The van der Waals surface area contributed by atoms with Gasteiger partial charge in [0.15, 0.2) is 0 Å². The van der Waals surface area contributed by atoms with Gasteiger partial charge < -0.3 is 14.5 Å². The Kier molecular flexibility index (Phi) is 5.37. The van der Waals surface area contributed by atoms with Crippen molar-refractivity contribution < 1.29 is 19.2 Å². The summed E-state index contributed by atoms with van der Waals surface area (Å²) in [7, 11) is 0. The molecule has 138 valence electrons. The molecule has 1 saturated heterocycles. The van der Waals surface area contributed by atoms with E-state index in [0.29, 0.717) is 18.7 Å². The fourth-order valence-corrected chi connectivity index (χ4v) is 3.26. The second kappa shape index (κ2) is 7.70. The molecule has 1 N–H and O–H groups in total. The van der Waals surface area contributed by atoms with Crippen LogP contribution in [-0.2, 0) is 17.8 Å². The van der Waals surface area contributed by atoms with Crippen LogP contribution in [0.15, 0.2) is 28.8 Å². The van der Waals surface area contributed by atoms with Gasteiger partial charge in [0.1, 0.15) is 5.76 Å². The van der Waals surface area contributed by atoms with E-state index in [9.17, 15) is 14.7 Å². The van der Waals surface area contributed by atoms with E-state index in [1.54, 1.807) is 18.2 Å². The summed E-state index contributed by atoms with van der Waals surface area (Å²) < 4.78 is 5.20. The number of nitrogens with zero attached hydrogens (tertiary/aromatic N) is 3. The highest BCUT2D eigenvalue weighted by Gasteiger charge is 2.24. The van der Waals surface area contributed by atoms with Crippen LogP contribution in [0.4, 0.5) is 0 Å². The van der Waals surface area contributed by atoms with Gasteiger partial charge in [-0.2, -0.15) is 0 Å². The lowest BCUT2D eigenvalue weighted by Gasteiger charge is -2.34. The Morgan fingerprint density at radius 2 is 1.85 bits per heavy atom. The summed E-state index contributed by atoms with van der Waals surface area (Å²) in [6.45, 7) is 7.44. The molecule has 2 aromatic rings. The van der Waals surface area contributed by atoms with Crippen molar-refractivity contribution in [2.75, 3.05) is 26.2 Å². The molecule has 1 aliphatic rings. The van der Waals surface area contributed by atoms with Crippen LogP contribution in [0.25, 0.3) is 0 Å². The number of carboxylic acid groups (broad SMARTS) is 1. The molecule has 7 nitrogen and oxygen atoms in total. The molecular formula is C19H23N3O4. The first kappa shape index (κ1) is 18.1. The van der Waals surface area contributed by atoms with E-state index in [1.807, 2.05) is 18.7 Å². The van der Waals surface area contributed by atoms with Crippen LogP contribution in [0.3, 0.4) is 0 Å². The number of aryl methyl sites for hydroxylation is 2. The summed E-state index contributed by atoms with van der Waals surface area (Å²) >= 11 is 0. The topological polar surface area (TPSA) is 86.9 Å². The molecule has 1 aromatic carbocycles. The Morgan fingerprint density at radius 1 is 1.15 bits per heavy atom. The normalized spacial score (nSPS) is 15.2. The van der Waals surface area contributed by atoms with E-state index in [2.05, 4.69) is 10.1 Å². The molecule has 0 saturated carbocycles. The minimum atomic E-state index is -1.00. The Morgan fingerprint density at radius 3 is 2.46 bits per heavy atom. The Bertz CT molecular complexity index is 787. The van der Waals surface area contributed by atoms with Crippen molar-refractivity contribution in [2.24, 2.45) is 0 Å². The lowest BCUT2D eigenvalue weighted by Crippen LogP contribution is -2.48. The zero-order valence-electron chi connectivity index (χ0n) is 15.1. The van der Waals surface area contributed by atoms with Gasteiger partial charge in [-0.25, -0.2) is 4.79 Å². The number of hydrogen-bond acceptors (Lipinski definition) is 5. The molecule has 1 amide bonds. The first-order valence-electron chi connectivity index (χ1n) is 8.68. The first-order chi connectivity index (χ1) is 12.5. The average Bonchev–Trinajstić information content (AvgIpc) is 2.94. The number of hydrogen-bond donors (Lipinski definition) is 1. The Hall–Kier alpha value is -2.67. The minimum Gasteiger partial charge on any atom is -0.478 e.